The third-order valence-corrected chi connectivity index (χ3v) is 2.90. The number of amides is 1. The van der Waals surface area contributed by atoms with Crippen LogP contribution in [0.25, 0.3) is 0 Å². The predicted molar refractivity (Wildman–Crippen MR) is 63.9 cm³/mol. The van der Waals surface area contributed by atoms with Gasteiger partial charge in [0.1, 0.15) is 0 Å². The Morgan fingerprint density at radius 3 is 2.62 bits per heavy atom. The van der Waals surface area contributed by atoms with Crippen LogP contribution in [0, 0.1) is 5.92 Å². The highest BCUT2D eigenvalue weighted by Crippen LogP contribution is 2.28. The standard InChI is InChI=1S/C13H18N2O/c14-9-12(15-13(16)11-6-7-11)8-10-4-2-1-3-5-10/h1-5,11-12H,6-9,14H2,(H,15,16). The highest BCUT2D eigenvalue weighted by Gasteiger charge is 2.30. The molecule has 0 radical (unpaired) electrons. The fourth-order valence-electron chi connectivity index (χ4n) is 1.76. The Labute approximate surface area is 96.0 Å². The van der Waals surface area contributed by atoms with Gasteiger partial charge in [0.05, 0.1) is 0 Å². The number of benzene rings is 1. The van der Waals surface area contributed by atoms with E-state index in [0.717, 1.165) is 19.3 Å². The molecule has 1 amide bonds. The molecule has 1 aromatic rings. The average Bonchev–Trinajstić information content (AvgIpc) is 3.13. The smallest absolute Gasteiger partial charge is 0.223 e. The molecule has 0 saturated heterocycles. The molecule has 16 heavy (non-hydrogen) atoms. The summed E-state index contributed by atoms with van der Waals surface area (Å²) in [7, 11) is 0. The molecule has 0 aromatic heterocycles. The van der Waals surface area contributed by atoms with Gasteiger partial charge in [-0.3, -0.25) is 4.79 Å². The van der Waals surface area contributed by atoms with Gasteiger partial charge < -0.3 is 11.1 Å². The lowest BCUT2D eigenvalue weighted by atomic mass is 10.1. The first-order valence-electron chi connectivity index (χ1n) is 5.84. The molecule has 86 valence electrons. The lowest BCUT2D eigenvalue weighted by molar-refractivity contribution is -0.122. The Morgan fingerprint density at radius 1 is 1.38 bits per heavy atom. The van der Waals surface area contributed by atoms with Crippen LogP contribution in [0.2, 0.25) is 0 Å². The van der Waals surface area contributed by atoms with Crippen molar-refractivity contribution in [2.45, 2.75) is 25.3 Å². The van der Waals surface area contributed by atoms with Crippen molar-refractivity contribution in [3.63, 3.8) is 0 Å². The summed E-state index contributed by atoms with van der Waals surface area (Å²) in [5.41, 5.74) is 6.89. The third-order valence-electron chi connectivity index (χ3n) is 2.90. The summed E-state index contributed by atoms with van der Waals surface area (Å²) in [6.07, 6.45) is 2.89. The maximum atomic E-state index is 11.6. The molecule has 0 heterocycles. The van der Waals surface area contributed by atoms with Gasteiger partial charge in [0.25, 0.3) is 0 Å². The van der Waals surface area contributed by atoms with E-state index in [1.54, 1.807) is 0 Å². The van der Waals surface area contributed by atoms with Crippen LogP contribution in [-0.2, 0) is 11.2 Å². The molecule has 1 atom stereocenters. The number of nitrogens with two attached hydrogens (primary N) is 1. The van der Waals surface area contributed by atoms with Crippen LogP contribution in [-0.4, -0.2) is 18.5 Å². The summed E-state index contributed by atoms with van der Waals surface area (Å²) in [4.78, 5) is 11.6. The highest BCUT2D eigenvalue weighted by atomic mass is 16.2. The van der Waals surface area contributed by atoms with Crippen molar-refractivity contribution in [3.8, 4) is 0 Å². The van der Waals surface area contributed by atoms with Gasteiger partial charge >= 0.3 is 0 Å². The summed E-state index contributed by atoms with van der Waals surface area (Å²) >= 11 is 0. The summed E-state index contributed by atoms with van der Waals surface area (Å²) in [5, 5.41) is 3.01. The second-order valence-corrected chi connectivity index (χ2v) is 4.41. The molecule has 1 unspecified atom stereocenters. The average molecular weight is 218 g/mol. The number of nitrogens with one attached hydrogen (secondary N) is 1. The van der Waals surface area contributed by atoms with Gasteiger partial charge in [0.2, 0.25) is 5.91 Å². The minimum absolute atomic E-state index is 0.0653. The van der Waals surface area contributed by atoms with Crippen molar-refractivity contribution in [2.75, 3.05) is 6.54 Å². The van der Waals surface area contributed by atoms with Gasteiger partial charge in [0, 0.05) is 18.5 Å². The first-order valence-corrected chi connectivity index (χ1v) is 5.84. The first-order chi connectivity index (χ1) is 7.79. The van der Waals surface area contributed by atoms with Crippen LogP contribution in [0.1, 0.15) is 18.4 Å². The van der Waals surface area contributed by atoms with Crippen molar-refractivity contribution in [1.29, 1.82) is 0 Å². The molecule has 2 rings (SSSR count). The largest absolute Gasteiger partial charge is 0.352 e. The second-order valence-electron chi connectivity index (χ2n) is 4.41. The van der Waals surface area contributed by atoms with Crippen molar-refractivity contribution in [2.24, 2.45) is 11.7 Å². The van der Waals surface area contributed by atoms with E-state index in [-0.39, 0.29) is 17.9 Å². The van der Waals surface area contributed by atoms with Gasteiger partial charge in [0.15, 0.2) is 0 Å². The normalized spacial score (nSPS) is 16.8. The molecule has 0 spiro atoms. The Bertz CT molecular complexity index is 346. The number of hydrogen-bond donors (Lipinski definition) is 2. The molecule has 3 nitrogen and oxygen atoms in total. The minimum atomic E-state index is 0.0653. The summed E-state index contributed by atoms with van der Waals surface area (Å²) in [6.45, 7) is 0.493. The molecule has 1 saturated carbocycles. The van der Waals surface area contributed by atoms with E-state index < -0.39 is 0 Å². The van der Waals surface area contributed by atoms with Gasteiger partial charge in [-0.15, -0.1) is 0 Å². The van der Waals surface area contributed by atoms with Crippen molar-refractivity contribution in [1.82, 2.24) is 5.32 Å². The highest BCUT2D eigenvalue weighted by molar-refractivity contribution is 5.81. The quantitative estimate of drug-likeness (QED) is 0.777. The van der Waals surface area contributed by atoms with E-state index in [2.05, 4.69) is 17.4 Å². The summed E-state index contributed by atoms with van der Waals surface area (Å²) < 4.78 is 0. The summed E-state index contributed by atoms with van der Waals surface area (Å²) in [6, 6.07) is 10.2. The van der Waals surface area contributed by atoms with Crippen LogP contribution in [0.15, 0.2) is 30.3 Å². The molecular formula is C13H18N2O. The van der Waals surface area contributed by atoms with E-state index in [9.17, 15) is 4.79 Å². The number of carbonyl (C=O) groups excluding carboxylic acids is 1. The zero-order chi connectivity index (χ0) is 11.4. The van der Waals surface area contributed by atoms with Gasteiger partial charge in [-0.05, 0) is 24.8 Å². The van der Waals surface area contributed by atoms with E-state index in [4.69, 9.17) is 5.73 Å². The first kappa shape index (κ1) is 11.1. The van der Waals surface area contributed by atoms with E-state index >= 15 is 0 Å². The Morgan fingerprint density at radius 2 is 2.06 bits per heavy atom. The Kier molecular flexibility index (Phi) is 3.57. The molecule has 0 aliphatic heterocycles. The molecular weight excluding hydrogens is 200 g/mol. The molecule has 3 N–H and O–H groups in total. The fraction of sp³-hybridized carbons (Fsp3) is 0.462. The van der Waals surface area contributed by atoms with Crippen LogP contribution in [0.5, 0.6) is 0 Å². The van der Waals surface area contributed by atoms with Crippen LogP contribution < -0.4 is 11.1 Å². The second kappa shape index (κ2) is 5.12. The summed E-state index contributed by atoms with van der Waals surface area (Å²) in [5.74, 6) is 0.427. The van der Waals surface area contributed by atoms with Gasteiger partial charge in [-0.2, -0.15) is 0 Å². The zero-order valence-corrected chi connectivity index (χ0v) is 9.36. The third kappa shape index (κ3) is 3.07. The van der Waals surface area contributed by atoms with Crippen molar-refractivity contribution < 1.29 is 4.79 Å². The zero-order valence-electron chi connectivity index (χ0n) is 9.36. The van der Waals surface area contributed by atoms with Gasteiger partial charge in [-0.1, -0.05) is 30.3 Å². The number of carbonyl (C=O) groups is 1. The predicted octanol–water partition coefficient (Wildman–Crippen LogP) is 1.08. The fourth-order valence-corrected chi connectivity index (χ4v) is 1.76. The van der Waals surface area contributed by atoms with Crippen LogP contribution in [0.3, 0.4) is 0 Å². The van der Waals surface area contributed by atoms with Crippen molar-refractivity contribution in [3.05, 3.63) is 35.9 Å². The molecule has 1 aliphatic rings. The van der Waals surface area contributed by atoms with E-state index in [1.165, 1.54) is 5.56 Å². The molecule has 1 fully saturated rings. The molecule has 0 bridgehead atoms. The molecule has 1 aliphatic carbocycles. The van der Waals surface area contributed by atoms with E-state index in [0.29, 0.717) is 6.54 Å². The van der Waals surface area contributed by atoms with Crippen LogP contribution >= 0.6 is 0 Å². The molecule has 3 heteroatoms. The number of rotatable bonds is 5. The van der Waals surface area contributed by atoms with Crippen LogP contribution in [0.4, 0.5) is 0 Å². The maximum absolute atomic E-state index is 11.6. The Hall–Kier alpha value is -1.35. The monoisotopic (exact) mass is 218 g/mol. The maximum Gasteiger partial charge on any atom is 0.223 e. The topological polar surface area (TPSA) is 55.1 Å². The lowest BCUT2D eigenvalue weighted by Gasteiger charge is -2.16. The van der Waals surface area contributed by atoms with E-state index in [1.807, 2.05) is 18.2 Å². The van der Waals surface area contributed by atoms with Crippen molar-refractivity contribution >= 4 is 5.91 Å². The number of hydrogen-bond acceptors (Lipinski definition) is 2. The SMILES string of the molecule is NCC(Cc1ccccc1)NC(=O)C1CC1. The molecule has 1 aromatic carbocycles. The lowest BCUT2D eigenvalue weighted by Crippen LogP contribution is -2.42. The Balaban J connectivity index is 1.87. The van der Waals surface area contributed by atoms with Gasteiger partial charge in [-0.25, -0.2) is 0 Å². The minimum Gasteiger partial charge on any atom is -0.352 e.